The summed E-state index contributed by atoms with van der Waals surface area (Å²) in [5.74, 6) is 0. The Kier molecular flexibility index (Phi) is 6.68. The Hall–Kier alpha value is -0.420. The lowest BCUT2D eigenvalue weighted by Gasteiger charge is -2.20. The number of rotatable bonds is 6. The first-order valence-electron chi connectivity index (χ1n) is 6.88. The lowest BCUT2D eigenvalue weighted by Crippen LogP contribution is -2.24. The van der Waals surface area contributed by atoms with Gasteiger partial charge in [0, 0.05) is 27.4 Å². The summed E-state index contributed by atoms with van der Waals surface area (Å²) in [6.07, 6.45) is 5.68. The molecule has 5 heteroatoms. The van der Waals surface area contributed by atoms with Gasteiger partial charge in [0.1, 0.15) is 0 Å². The largest absolute Gasteiger partial charge is 0.310 e. The predicted octanol–water partition coefficient (Wildman–Crippen LogP) is 5.54. The molecule has 0 aliphatic rings. The molecule has 0 radical (unpaired) electrons. The van der Waals surface area contributed by atoms with Crippen LogP contribution in [0.4, 0.5) is 0 Å². The first-order valence-corrected chi connectivity index (χ1v) is 8.84. The third-order valence-electron chi connectivity index (χ3n) is 3.19. The third kappa shape index (κ3) is 5.06. The molecule has 1 N–H and O–H groups in total. The molecule has 1 aromatic heterocycles. The minimum absolute atomic E-state index is 0.228. The maximum atomic E-state index is 6.23. The number of halogens is 3. The Morgan fingerprint density at radius 2 is 2.05 bits per heavy atom. The van der Waals surface area contributed by atoms with E-state index in [2.05, 4.69) is 61.2 Å². The summed E-state index contributed by atoms with van der Waals surface area (Å²) in [6, 6.07) is 8.46. The summed E-state index contributed by atoms with van der Waals surface area (Å²) in [4.78, 5) is 4.23. The molecule has 0 bridgehead atoms. The number of benzene rings is 1. The molecular weight excluding hydrogens is 415 g/mol. The number of aromatic nitrogens is 1. The summed E-state index contributed by atoms with van der Waals surface area (Å²) in [7, 11) is 0. The fourth-order valence-electron chi connectivity index (χ4n) is 2.16. The van der Waals surface area contributed by atoms with Crippen LogP contribution < -0.4 is 5.32 Å². The number of nitrogens with one attached hydrogen (secondary N) is 1. The molecule has 0 saturated heterocycles. The number of hydrogen-bond donors (Lipinski definition) is 1. The first kappa shape index (κ1) is 16.9. The lowest BCUT2D eigenvalue weighted by atomic mass is 9.99. The topological polar surface area (TPSA) is 24.9 Å². The Bertz CT molecular complexity index is 605. The molecule has 0 amide bonds. The summed E-state index contributed by atoms with van der Waals surface area (Å²) >= 11 is 13.1. The zero-order chi connectivity index (χ0) is 15.2. The van der Waals surface area contributed by atoms with Crippen molar-refractivity contribution in [3.63, 3.8) is 0 Å². The molecule has 1 atom stereocenters. The molecule has 1 unspecified atom stereocenters. The summed E-state index contributed by atoms with van der Waals surface area (Å²) in [5, 5.41) is 4.32. The molecule has 0 spiro atoms. The number of hydrogen-bond acceptors (Lipinski definition) is 2. The molecular formula is C16H17Br2ClN2. The smallest absolute Gasteiger partial charge is 0.0551 e. The van der Waals surface area contributed by atoms with Gasteiger partial charge in [-0.1, -0.05) is 24.6 Å². The van der Waals surface area contributed by atoms with Crippen LogP contribution in [0.2, 0.25) is 5.02 Å². The highest BCUT2D eigenvalue weighted by atomic mass is 79.9. The second-order valence-electron chi connectivity index (χ2n) is 4.90. The van der Waals surface area contributed by atoms with Gasteiger partial charge in [-0.2, -0.15) is 0 Å². The van der Waals surface area contributed by atoms with E-state index in [0.717, 1.165) is 33.4 Å². The molecule has 2 rings (SSSR count). The molecule has 0 fully saturated rings. The van der Waals surface area contributed by atoms with Crippen LogP contribution >= 0.6 is 43.5 Å². The van der Waals surface area contributed by atoms with Crippen molar-refractivity contribution < 1.29 is 0 Å². The van der Waals surface area contributed by atoms with Crippen LogP contribution in [0.25, 0.3) is 0 Å². The standard InChI is InChI=1S/C16H17Br2ClN2/c1-2-5-21-16(7-11-6-13(17)10-20-9-11)12-3-4-14(18)15(19)8-12/h3-4,6,8-10,16,21H,2,5,7H2,1H3. The Morgan fingerprint density at radius 1 is 1.24 bits per heavy atom. The van der Waals surface area contributed by atoms with Crippen molar-refractivity contribution in [1.82, 2.24) is 10.3 Å². The van der Waals surface area contributed by atoms with Crippen molar-refractivity contribution in [3.8, 4) is 0 Å². The van der Waals surface area contributed by atoms with Gasteiger partial charge in [0.25, 0.3) is 0 Å². The fraction of sp³-hybridized carbons (Fsp3) is 0.312. The Morgan fingerprint density at radius 3 is 2.71 bits per heavy atom. The highest BCUT2D eigenvalue weighted by Crippen LogP contribution is 2.28. The van der Waals surface area contributed by atoms with Crippen molar-refractivity contribution in [2.75, 3.05) is 6.54 Å². The predicted molar refractivity (Wildman–Crippen MR) is 95.8 cm³/mol. The number of nitrogens with zero attached hydrogens (tertiary/aromatic N) is 1. The molecule has 0 aliphatic carbocycles. The minimum Gasteiger partial charge on any atom is -0.310 e. The fourth-order valence-corrected chi connectivity index (χ4v) is 3.01. The SMILES string of the molecule is CCCNC(Cc1cncc(Br)c1)c1ccc(Br)c(Cl)c1. The van der Waals surface area contributed by atoms with Gasteiger partial charge >= 0.3 is 0 Å². The zero-order valence-corrected chi connectivity index (χ0v) is 15.7. The average Bonchev–Trinajstić information content (AvgIpc) is 2.46. The average molecular weight is 433 g/mol. The molecule has 21 heavy (non-hydrogen) atoms. The highest BCUT2D eigenvalue weighted by molar-refractivity contribution is 9.10. The zero-order valence-electron chi connectivity index (χ0n) is 11.7. The Balaban J connectivity index is 2.22. The van der Waals surface area contributed by atoms with Crippen molar-refractivity contribution in [2.45, 2.75) is 25.8 Å². The van der Waals surface area contributed by atoms with Gasteiger partial charge in [-0.05, 0) is 80.6 Å². The lowest BCUT2D eigenvalue weighted by molar-refractivity contribution is 0.528. The van der Waals surface area contributed by atoms with Crippen LogP contribution in [-0.2, 0) is 6.42 Å². The second kappa shape index (κ2) is 8.28. The maximum absolute atomic E-state index is 6.23. The minimum atomic E-state index is 0.228. The van der Waals surface area contributed by atoms with Crippen molar-refractivity contribution >= 4 is 43.5 Å². The summed E-state index contributed by atoms with van der Waals surface area (Å²) < 4.78 is 1.93. The molecule has 2 nitrogen and oxygen atoms in total. The molecule has 1 aromatic carbocycles. The van der Waals surface area contributed by atoms with Gasteiger partial charge in [0.15, 0.2) is 0 Å². The van der Waals surface area contributed by atoms with Gasteiger partial charge in [-0.15, -0.1) is 0 Å². The van der Waals surface area contributed by atoms with E-state index in [1.807, 2.05) is 18.3 Å². The molecule has 0 aliphatic heterocycles. The van der Waals surface area contributed by atoms with Gasteiger partial charge < -0.3 is 5.32 Å². The Labute approximate surface area is 147 Å². The summed E-state index contributed by atoms with van der Waals surface area (Å²) in [6.45, 7) is 3.14. The van der Waals surface area contributed by atoms with Crippen LogP contribution in [0, 0.1) is 0 Å². The maximum Gasteiger partial charge on any atom is 0.0551 e. The normalized spacial score (nSPS) is 12.4. The van der Waals surface area contributed by atoms with Gasteiger partial charge in [-0.3, -0.25) is 4.98 Å². The quantitative estimate of drug-likeness (QED) is 0.648. The monoisotopic (exact) mass is 430 g/mol. The van der Waals surface area contributed by atoms with Crippen LogP contribution in [0.5, 0.6) is 0 Å². The van der Waals surface area contributed by atoms with E-state index in [1.54, 1.807) is 6.20 Å². The molecule has 2 aromatic rings. The van der Waals surface area contributed by atoms with Crippen molar-refractivity contribution in [3.05, 3.63) is 61.8 Å². The van der Waals surface area contributed by atoms with Crippen molar-refractivity contribution in [1.29, 1.82) is 0 Å². The molecule has 1 heterocycles. The van der Waals surface area contributed by atoms with E-state index in [4.69, 9.17) is 11.6 Å². The van der Waals surface area contributed by atoms with Crippen LogP contribution in [0.1, 0.15) is 30.5 Å². The van der Waals surface area contributed by atoms with E-state index in [-0.39, 0.29) is 6.04 Å². The molecule has 112 valence electrons. The first-order chi connectivity index (χ1) is 10.1. The van der Waals surface area contributed by atoms with Crippen LogP contribution in [-0.4, -0.2) is 11.5 Å². The van der Waals surface area contributed by atoms with E-state index in [1.165, 1.54) is 11.1 Å². The van der Waals surface area contributed by atoms with Gasteiger partial charge in [0.05, 0.1) is 5.02 Å². The second-order valence-corrected chi connectivity index (χ2v) is 7.07. The van der Waals surface area contributed by atoms with Crippen LogP contribution in [0.15, 0.2) is 45.6 Å². The number of pyridine rings is 1. The van der Waals surface area contributed by atoms with Crippen LogP contribution in [0.3, 0.4) is 0 Å². The van der Waals surface area contributed by atoms with E-state index >= 15 is 0 Å². The summed E-state index contributed by atoms with van der Waals surface area (Å²) in [5.41, 5.74) is 2.38. The molecule has 0 saturated carbocycles. The van der Waals surface area contributed by atoms with Gasteiger partial charge in [-0.25, -0.2) is 0 Å². The third-order valence-corrected chi connectivity index (χ3v) is 4.85. The highest BCUT2D eigenvalue weighted by Gasteiger charge is 2.13. The van der Waals surface area contributed by atoms with E-state index in [9.17, 15) is 0 Å². The van der Waals surface area contributed by atoms with E-state index < -0.39 is 0 Å². The van der Waals surface area contributed by atoms with Gasteiger partial charge in [0.2, 0.25) is 0 Å². The van der Waals surface area contributed by atoms with E-state index in [0.29, 0.717) is 0 Å². The van der Waals surface area contributed by atoms with Crippen molar-refractivity contribution in [2.24, 2.45) is 0 Å².